The molecule has 0 rings (SSSR count). The molecule has 0 aliphatic rings. The van der Waals surface area contributed by atoms with Gasteiger partial charge in [0.2, 0.25) is 0 Å². The molecule has 0 saturated carbocycles. The molecule has 5 nitrogen and oxygen atoms in total. The van der Waals surface area contributed by atoms with Crippen LogP contribution in [0, 0.1) is 5.92 Å². The summed E-state index contributed by atoms with van der Waals surface area (Å²) < 4.78 is 5.78. The van der Waals surface area contributed by atoms with Crippen LogP contribution in [0.5, 0.6) is 0 Å². The maximum absolute atomic E-state index is 11.5. The lowest BCUT2D eigenvalue weighted by atomic mass is 10.1. The molecule has 0 aromatic heterocycles. The fourth-order valence-corrected chi connectivity index (χ4v) is 1.52. The number of hydrogen-bond donors (Lipinski definition) is 1. The predicted octanol–water partition coefficient (Wildman–Crippen LogP) is -1.87. The zero-order valence-corrected chi connectivity index (χ0v) is 12.5. The van der Waals surface area contributed by atoms with Crippen molar-refractivity contribution in [2.24, 2.45) is 5.92 Å². The predicted molar refractivity (Wildman–Crippen MR) is 64.5 cm³/mol. The first-order valence-corrected chi connectivity index (χ1v) is 5.82. The number of carboxylic acids is 1. The number of nitrogens with zero attached hydrogens (tertiary/aromatic N) is 1. The summed E-state index contributed by atoms with van der Waals surface area (Å²) in [6.07, 6.45) is -0.370. The molecule has 0 heterocycles. The van der Waals surface area contributed by atoms with E-state index in [4.69, 9.17) is 9.84 Å². The van der Waals surface area contributed by atoms with Crippen molar-refractivity contribution in [2.45, 2.75) is 32.8 Å². The van der Waals surface area contributed by atoms with Gasteiger partial charge in [-0.1, -0.05) is 13.8 Å². The van der Waals surface area contributed by atoms with Gasteiger partial charge in [-0.15, -0.1) is 0 Å². The minimum absolute atomic E-state index is 0. The van der Waals surface area contributed by atoms with Gasteiger partial charge in [0.05, 0.1) is 27.6 Å². The van der Waals surface area contributed by atoms with Crippen LogP contribution in [0.15, 0.2) is 0 Å². The van der Waals surface area contributed by atoms with Crippen molar-refractivity contribution in [3.8, 4) is 0 Å². The third-order valence-electron chi connectivity index (χ3n) is 2.03. The summed E-state index contributed by atoms with van der Waals surface area (Å²) in [5.74, 6) is -1.04. The topological polar surface area (TPSA) is 63.6 Å². The number of halogens is 1. The Morgan fingerprint density at radius 3 is 2.00 bits per heavy atom. The van der Waals surface area contributed by atoms with Crippen molar-refractivity contribution in [2.75, 3.05) is 27.7 Å². The van der Waals surface area contributed by atoms with E-state index >= 15 is 0 Å². The average molecular weight is 282 g/mol. The summed E-state index contributed by atoms with van der Waals surface area (Å²) in [4.78, 5) is 22.2. The quantitative estimate of drug-likeness (QED) is 0.439. The minimum Gasteiger partial charge on any atom is -1.00 e. The van der Waals surface area contributed by atoms with Gasteiger partial charge >= 0.3 is 11.9 Å². The lowest BCUT2D eigenvalue weighted by Gasteiger charge is -2.28. The van der Waals surface area contributed by atoms with E-state index in [1.165, 1.54) is 0 Å². The van der Waals surface area contributed by atoms with Gasteiger partial charge in [-0.05, 0) is 5.92 Å². The highest BCUT2D eigenvalue weighted by atomic mass is 35.5. The first-order chi connectivity index (χ1) is 7.60. The van der Waals surface area contributed by atoms with E-state index in [9.17, 15) is 9.59 Å². The SMILES string of the molecule is CC(C)CC(=O)OC(CC(=O)O)C[N+](C)(C)C.[Cl-]. The van der Waals surface area contributed by atoms with Crippen LogP contribution < -0.4 is 12.4 Å². The number of carbonyl (C=O) groups is 2. The molecule has 0 radical (unpaired) electrons. The number of likely N-dealkylation sites (N-methyl/N-ethyl adjacent to an activating group) is 1. The number of ether oxygens (including phenoxy) is 1. The molecule has 1 atom stereocenters. The maximum atomic E-state index is 11.5. The van der Waals surface area contributed by atoms with Crippen molar-refractivity contribution in [1.82, 2.24) is 0 Å². The zero-order valence-electron chi connectivity index (χ0n) is 11.8. The molecule has 6 heteroatoms. The van der Waals surface area contributed by atoms with E-state index in [-0.39, 0.29) is 30.7 Å². The van der Waals surface area contributed by atoms with E-state index in [0.29, 0.717) is 17.4 Å². The Labute approximate surface area is 115 Å². The summed E-state index contributed by atoms with van der Waals surface area (Å²) in [7, 11) is 5.81. The minimum atomic E-state index is -0.944. The van der Waals surface area contributed by atoms with E-state index in [2.05, 4.69) is 0 Å². The van der Waals surface area contributed by atoms with E-state index in [0.717, 1.165) is 0 Å². The molecule has 0 aliphatic heterocycles. The van der Waals surface area contributed by atoms with Gasteiger partial charge in [0.15, 0.2) is 6.10 Å². The highest BCUT2D eigenvalue weighted by Gasteiger charge is 2.24. The Morgan fingerprint density at radius 1 is 1.17 bits per heavy atom. The molecule has 0 saturated heterocycles. The van der Waals surface area contributed by atoms with Crippen molar-refractivity contribution >= 4 is 11.9 Å². The number of quaternary nitrogens is 1. The van der Waals surface area contributed by atoms with Gasteiger partial charge in [0, 0.05) is 6.42 Å². The first-order valence-electron chi connectivity index (χ1n) is 5.82. The number of rotatable bonds is 7. The van der Waals surface area contributed by atoms with Gasteiger partial charge in [-0.3, -0.25) is 9.59 Å². The summed E-state index contributed by atoms with van der Waals surface area (Å²) in [6.45, 7) is 4.34. The van der Waals surface area contributed by atoms with Crippen LogP contribution in [0.4, 0.5) is 0 Å². The van der Waals surface area contributed by atoms with Crippen molar-refractivity contribution in [3.63, 3.8) is 0 Å². The number of carbonyl (C=O) groups excluding carboxylic acids is 1. The second-order valence-corrected chi connectivity index (χ2v) is 5.78. The fraction of sp³-hybridized carbons (Fsp3) is 0.833. The van der Waals surface area contributed by atoms with Crippen molar-refractivity contribution in [1.29, 1.82) is 0 Å². The van der Waals surface area contributed by atoms with E-state index in [1.54, 1.807) is 0 Å². The van der Waals surface area contributed by atoms with Crippen LogP contribution in [0.25, 0.3) is 0 Å². The van der Waals surface area contributed by atoms with Gasteiger partial charge in [0.25, 0.3) is 0 Å². The Balaban J connectivity index is 0. The number of hydrogen-bond acceptors (Lipinski definition) is 3. The monoisotopic (exact) mass is 281 g/mol. The second-order valence-electron chi connectivity index (χ2n) is 5.78. The normalized spacial score (nSPS) is 12.8. The maximum Gasteiger partial charge on any atom is 0.307 e. The van der Waals surface area contributed by atoms with Gasteiger partial charge < -0.3 is 26.7 Å². The molecule has 0 aliphatic carbocycles. The van der Waals surface area contributed by atoms with E-state index < -0.39 is 12.1 Å². The average Bonchev–Trinajstić information content (AvgIpc) is 1.95. The second kappa shape index (κ2) is 8.32. The summed E-state index contributed by atoms with van der Waals surface area (Å²) >= 11 is 0. The van der Waals surface area contributed by atoms with E-state index in [1.807, 2.05) is 35.0 Å². The van der Waals surface area contributed by atoms with Crippen molar-refractivity contribution < 1.29 is 36.3 Å². The largest absolute Gasteiger partial charge is 1.00 e. The zero-order chi connectivity index (χ0) is 13.6. The van der Waals surface area contributed by atoms with Crippen LogP contribution in [0.2, 0.25) is 0 Å². The molecule has 0 bridgehead atoms. The Kier molecular flexibility index (Phi) is 9.03. The fourth-order valence-electron chi connectivity index (χ4n) is 1.52. The van der Waals surface area contributed by atoms with Crippen LogP contribution in [-0.4, -0.2) is 55.3 Å². The summed E-state index contributed by atoms with van der Waals surface area (Å²) in [5, 5.41) is 8.78. The van der Waals surface area contributed by atoms with Gasteiger partial charge in [-0.2, -0.15) is 0 Å². The molecule has 18 heavy (non-hydrogen) atoms. The molecule has 0 aromatic rings. The van der Waals surface area contributed by atoms with Crippen LogP contribution in [0.3, 0.4) is 0 Å². The molecule has 1 unspecified atom stereocenters. The number of aliphatic carboxylic acids is 1. The smallest absolute Gasteiger partial charge is 0.307 e. The lowest BCUT2D eigenvalue weighted by Crippen LogP contribution is -3.00. The number of carboxylic acid groups (broad SMARTS) is 1. The van der Waals surface area contributed by atoms with Gasteiger partial charge in [-0.25, -0.2) is 0 Å². The standard InChI is InChI=1S/C12H23NO4.ClH/c1-9(2)6-12(16)17-10(7-11(14)15)8-13(3,4)5;/h9-10H,6-8H2,1-5H3;1H. The highest BCUT2D eigenvalue weighted by molar-refractivity contribution is 5.71. The Morgan fingerprint density at radius 2 is 1.67 bits per heavy atom. The molecule has 0 aromatic carbocycles. The summed E-state index contributed by atoms with van der Waals surface area (Å²) in [6, 6.07) is 0. The molecule has 0 spiro atoms. The van der Waals surface area contributed by atoms with Crippen LogP contribution in [0.1, 0.15) is 26.7 Å². The Bertz CT molecular complexity index is 274. The molecule has 0 amide bonds. The molecule has 108 valence electrons. The van der Waals surface area contributed by atoms with Crippen LogP contribution in [-0.2, 0) is 14.3 Å². The molecular formula is C12H24ClNO4. The van der Waals surface area contributed by atoms with Gasteiger partial charge in [0.1, 0.15) is 6.54 Å². The Hall–Kier alpha value is -0.810. The van der Waals surface area contributed by atoms with Crippen LogP contribution >= 0.6 is 0 Å². The van der Waals surface area contributed by atoms with Crippen molar-refractivity contribution in [3.05, 3.63) is 0 Å². The molecule has 1 N–H and O–H groups in total. The molecular weight excluding hydrogens is 258 g/mol. The third kappa shape index (κ3) is 11.7. The number of esters is 1. The third-order valence-corrected chi connectivity index (χ3v) is 2.03. The lowest BCUT2D eigenvalue weighted by molar-refractivity contribution is -0.873. The summed E-state index contributed by atoms with van der Waals surface area (Å²) in [5.41, 5.74) is 0. The first kappa shape index (κ1) is 19.5. The molecule has 0 fully saturated rings. The highest BCUT2D eigenvalue weighted by Crippen LogP contribution is 2.09.